The summed E-state index contributed by atoms with van der Waals surface area (Å²) >= 11 is 1.47. The molecule has 0 radical (unpaired) electrons. The van der Waals surface area contributed by atoms with Gasteiger partial charge < -0.3 is 20.1 Å². The standard InChI is InChI=1S/C21H26N5O6PS/c1-2-3-9-22-18-15-19(24-12-23-18)26(21(25-15)34-11-13-7-5-4-6-8-13)20-16(27)17-14(31-20)10-30-33(28,29)32-17/h4-8,12,14,16-17,20,27H,2-3,9-11H2,1H3,(H,28,29)(H,22,23,24)/t14-,16-,17-,20-/m1/s1. The van der Waals surface area contributed by atoms with E-state index in [2.05, 4.69) is 22.2 Å². The molecule has 4 heterocycles. The number of phosphoric acid groups is 1. The average molecular weight is 508 g/mol. The molecule has 2 aliphatic heterocycles. The number of ether oxygens (including phenoxy) is 1. The van der Waals surface area contributed by atoms with Crippen LogP contribution in [0.3, 0.4) is 0 Å². The van der Waals surface area contributed by atoms with E-state index in [0.717, 1.165) is 24.9 Å². The molecule has 11 nitrogen and oxygen atoms in total. The number of hydrogen-bond donors (Lipinski definition) is 3. The van der Waals surface area contributed by atoms with Crippen LogP contribution in [-0.2, 0) is 24.1 Å². The Morgan fingerprint density at radius 3 is 2.91 bits per heavy atom. The first-order valence-electron chi connectivity index (χ1n) is 11.1. The van der Waals surface area contributed by atoms with Gasteiger partial charge in [0.1, 0.15) is 24.6 Å². The largest absolute Gasteiger partial charge is 0.472 e. The van der Waals surface area contributed by atoms with Crippen molar-refractivity contribution >= 4 is 36.6 Å². The molecule has 182 valence electrons. The zero-order valence-electron chi connectivity index (χ0n) is 18.5. The van der Waals surface area contributed by atoms with E-state index in [-0.39, 0.29) is 6.61 Å². The summed E-state index contributed by atoms with van der Waals surface area (Å²) in [6.07, 6.45) is -0.418. The number of hydrogen-bond acceptors (Lipinski definition) is 10. The fraction of sp³-hybridized carbons (Fsp3) is 0.476. The molecule has 2 saturated heterocycles. The summed E-state index contributed by atoms with van der Waals surface area (Å²) in [6, 6.07) is 9.95. The van der Waals surface area contributed by atoms with Crippen molar-refractivity contribution in [2.24, 2.45) is 0 Å². The van der Waals surface area contributed by atoms with Crippen molar-refractivity contribution in [1.82, 2.24) is 19.5 Å². The molecular formula is C21H26N5O6PS. The van der Waals surface area contributed by atoms with Crippen LogP contribution < -0.4 is 5.32 Å². The van der Waals surface area contributed by atoms with Crippen LogP contribution in [0.4, 0.5) is 5.82 Å². The summed E-state index contributed by atoms with van der Waals surface area (Å²) in [5, 5.41) is 14.9. The highest BCUT2D eigenvalue weighted by Gasteiger charge is 2.53. The molecule has 0 saturated carbocycles. The Morgan fingerprint density at radius 2 is 2.12 bits per heavy atom. The van der Waals surface area contributed by atoms with Crippen molar-refractivity contribution in [3.8, 4) is 0 Å². The smallest absolute Gasteiger partial charge is 0.386 e. The second-order valence-corrected chi connectivity index (χ2v) is 10.5. The maximum absolute atomic E-state index is 11.9. The molecule has 0 amide bonds. The van der Waals surface area contributed by atoms with Gasteiger partial charge in [-0.25, -0.2) is 19.5 Å². The van der Waals surface area contributed by atoms with Crippen molar-refractivity contribution < 1.29 is 28.3 Å². The summed E-state index contributed by atoms with van der Waals surface area (Å²) in [7, 11) is -4.24. The Balaban J connectivity index is 1.52. The van der Waals surface area contributed by atoms with E-state index in [4.69, 9.17) is 18.8 Å². The minimum atomic E-state index is -4.24. The van der Waals surface area contributed by atoms with Gasteiger partial charge in [0, 0.05) is 12.3 Å². The third-order valence-electron chi connectivity index (χ3n) is 5.70. The molecular weight excluding hydrogens is 481 g/mol. The highest BCUT2D eigenvalue weighted by atomic mass is 32.2. The number of aromatic nitrogens is 4. The molecule has 2 aliphatic rings. The van der Waals surface area contributed by atoms with Gasteiger partial charge in [-0.05, 0) is 12.0 Å². The zero-order chi connectivity index (χ0) is 23.7. The molecule has 3 N–H and O–H groups in total. The lowest BCUT2D eigenvalue weighted by molar-refractivity contribution is -0.0684. The van der Waals surface area contributed by atoms with Crippen molar-refractivity contribution in [2.45, 2.75) is 55.2 Å². The molecule has 13 heteroatoms. The summed E-state index contributed by atoms with van der Waals surface area (Å²) in [6.45, 7) is 2.69. The van der Waals surface area contributed by atoms with E-state index >= 15 is 0 Å². The Morgan fingerprint density at radius 1 is 1.29 bits per heavy atom. The van der Waals surface area contributed by atoms with Crippen LogP contribution in [0.15, 0.2) is 41.8 Å². The van der Waals surface area contributed by atoms with Gasteiger partial charge in [-0.15, -0.1) is 0 Å². The van der Waals surface area contributed by atoms with Crippen LogP contribution >= 0.6 is 19.6 Å². The molecule has 2 aromatic heterocycles. The highest BCUT2D eigenvalue weighted by Crippen LogP contribution is 2.53. The molecule has 5 rings (SSSR count). The number of benzene rings is 1. The summed E-state index contributed by atoms with van der Waals surface area (Å²) in [4.78, 5) is 23.3. The minimum Gasteiger partial charge on any atom is -0.386 e. The fourth-order valence-corrected chi connectivity index (χ4v) is 5.94. The number of nitrogens with zero attached hydrogens (tertiary/aromatic N) is 4. The lowest BCUT2D eigenvalue weighted by Crippen LogP contribution is -2.39. The van der Waals surface area contributed by atoms with Crippen LogP contribution in [0.2, 0.25) is 0 Å². The van der Waals surface area contributed by atoms with Crippen LogP contribution in [0.5, 0.6) is 0 Å². The molecule has 34 heavy (non-hydrogen) atoms. The van der Waals surface area contributed by atoms with E-state index in [0.29, 0.717) is 27.9 Å². The third-order valence-corrected chi connectivity index (χ3v) is 7.71. The van der Waals surface area contributed by atoms with Crippen molar-refractivity contribution in [3.05, 3.63) is 42.2 Å². The van der Waals surface area contributed by atoms with Gasteiger partial charge in [0.15, 0.2) is 28.4 Å². The number of aliphatic hydroxyl groups excluding tert-OH is 1. The molecule has 0 aliphatic carbocycles. The van der Waals surface area contributed by atoms with Crippen molar-refractivity contribution in [1.29, 1.82) is 0 Å². The Bertz CT molecular complexity index is 1200. The molecule has 0 bridgehead atoms. The molecule has 5 atom stereocenters. The Kier molecular flexibility index (Phi) is 6.90. The molecule has 1 aromatic carbocycles. The summed E-state index contributed by atoms with van der Waals surface area (Å²) < 4.78 is 29.7. The molecule has 0 spiro atoms. The SMILES string of the molecule is CCCCNc1ncnc2c1nc(SCc1ccccc1)n2[C@@H]1O[C@@H]2COP(=O)(O)O[C@H]2[C@H]1O. The number of unbranched alkanes of at least 4 members (excludes halogenated alkanes) is 1. The number of phosphoric ester groups is 1. The monoisotopic (exact) mass is 507 g/mol. The van der Waals surface area contributed by atoms with Gasteiger partial charge in [0.2, 0.25) is 0 Å². The lowest BCUT2D eigenvalue weighted by Gasteiger charge is -2.27. The second kappa shape index (κ2) is 9.90. The first-order valence-corrected chi connectivity index (χ1v) is 13.6. The van der Waals surface area contributed by atoms with Crippen molar-refractivity contribution in [3.63, 3.8) is 0 Å². The predicted molar refractivity (Wildman–Crippen MR) is 125 cm³/mol. The third kappa shape index (κ3) is 4.72. The van der Waals surface area contributed by atoms with E-state index in [1.54, 1.807) is 4.57 Å². The predicted octanol–water partition coefficient (Wildman–Crippen LogP) is 3.10. The second-order valence-electron chi connectivity index (χ2n) is 8.10. The van der Waals surface area contributed by atoms with Crippen LogP contribution in [-0.4, -0.2) is 61.0 Å². The summed E-state index contributed by atoms with van der Waals surface area (Å²) in [5.41, 5.74) is 2.16. The topological polar surface area (TPSA) is 141 Å². The average Bonchev–Trinajstić information content (AvgIpc) is 3.35. The number of nitrogens with one attached hydrogen (secondary N) is 1. The first kappa shape index (κ1) is 23.7. The number of imidazole rings is 1. The maximum Gasteiger partial charge on any atom is 0.472 e. The zero-order valence-corrected chi connectivity index (χ0v) is 20.2. The summed E-state index contributed by atoms with van der Waals surface area (Å²) in [5.74, 6) is 1.24. The van der Waals surface area contributed by atoms with E-state index in [1.165, 1.54) is 18.1 Å². The van der Waals surface area contributed by atoms with Crippen molar-refractivity contribution in [2.75, 3.05) is 18.5 Å². The van der Waals surface area contributed by atoms with Gasteiger partial charge >= 0.3 is 7.82 Å². The lowest BCUT2D eigenvalue weighted by atomic mass is 10.1. The van der Waals surface area contributed by atoms with E-state index < -0.39 is 32.4 Å². The fourth-order valence-electron chi connectivity index (χ4n) is 4.00. The van der Waals surface area contributed by atoms with E-state index in [1.807, 2.05) is 30.3 Å². The molecule has 3 aromatic rings. The maximum atomic E-state index is 11.9. The van der Waals surface area contributed by atoms with E-state index in [9.17, 15) is 14.6 Å². The number of fused-ring (bicyclic) bond motifs is 2. The van der Waals surface area contributed by atoms with Gasteiger partial charge in [-0.3, -0.25) is 13.6 Å². The number of aliphatic hydroxyl groups is 1. The number of anilines is 1. The van der Waals surface area contributed by atoms with Crippen LogP contribution in [0.25, 0.3) is 11.2 Å². The Labute approximate surface area is 200 Å². The minimum absolute atomic E-state index is 0.163. The normalized spacial score (nSPS) is 28.8. The highest BCUT2D eigenvalue weighted by molar-refractivity contribution is 7.98. The Hall–Kier alpha value is -2.05. The quantitative estimate of drug-likeness (QED) is 0.235. The van der Waals surface area contributed by atoms with Gasteiger partial charge in [-0.2, -0.15) is 0 Å². The van der Waals surface area contributed by atoms with Crippen LogP contribution in [0.1, 0.15) is 31.6 Å². The van der Waals surface area contributed by atoms with Gasteiger partial charge in [0.25, 0.3) is 0 Å². The number of rotatable bonds is 8. The number of thioether (sulfide) groups is 1. The van der Waals surface area contributed by atoms with Crippen LogP contribution in [0, 0.1) is 0 Å². The molecule has 2 fully saturated rings. The first-order chi connectivity index (χ1) is 16.5. The van der Waals surface area contributed by atoms with Gasteiger partial charge in [0.05, 0.1) is 6.61 Å². The van der Waals surface area contributed by atoms with Gasteiger partial charge in [-0.1, -0.05) is 55.4 Å². The molecule has 1 unspecified atom stereocenters.